The van der Waals surface area contributed by atoms with E-state index in [0.29, 0.717) is 11.5 Å². The highest BCUT2D eigenvalue weighted by atomic mass is 16.1. The Bertz CT molecular complexity index is 435. The van der Waals surface area contributed by atoms with Crippen LogP contribution in [0.15, 0.2) is 12.4 Å². The summed E-state index contributed by atoms with van der Waals surface area (Å²) in [7, 11) is 1.76. The van der Waals surface area contributed by atoms with Crippen molar-refractivity contribution in [3.8, 4) is 0 Å². The average molecular weight is 262 g/mol. The van der Waals surface area contributed by atoms with Gasteiger partial charge in [-0.3, -0.25) is 9.78 Å². The predicted octanol–water partition coefficient (Wildman–Crippen LogP) is 2.22. The molecule has 104 valence electrons. The first kappa shape index (κ1) is 13.8. The van der Waals surface area contributed by atoms with E-state index in [2.05, 4.69) is 27.5 Å². The van der Waals surface area contributed by atoms with E-state index in [9.17, 15) is 4.79 Å². The van der Waals surface area contributed by atoms with Crippen LogP contribution in [-0.2, 0) is 0 Å². The van der Waals surface area contributed by atoms with Crippen LogP contribution in [0.5, 0.6) is 0 Å². The molecule has 0 radical (unpaired) electrons. The van der Waals surface area contributed by atoms with Crippen molar-refractivity contribution in [3.05, 3.63) is 18.1 Å². The highest BCUT2D eigenvalue weighted by Crippen LogP contribution is 2.26. The van der Waals surface area contributed by atoms with Crippen molar-refractivity contribution in [2.75, 3.05) is 12.4 Å². The van der Waals surface area contributed by atoms with Gasteiger partial charge in [0.25, 0.3) is 5.91 Å². The Balaban J connectivity index is 1.96. The van der Waals surface area contributed by atoms with E-state index in [1.807, 2.05) is 0 Å². The zero-order chi connectivity index (χ0) is 13.7. The molecule has 1 heterocycles. The lowest BCUT2D eigenvalue weighted by atomic mass is 9.84. The molecule has 2 atom stereocenters. The predicted molar refractivity (Wildman–Crippen MR) is 75.1 cm³/mol. The van der Waals surface area contributed by atoms with Gasteiger partial charge in [-0.1, -0.05) is 26.2 Å². The van der Waals surface area contributed by atoms with Gasteiger partial charge in [0.15, 0.2) is 0 Å². The van der Waals surface area contributed by atoms with E-state index in [0.717, 1.165) is 18.8 Å². The van der Waals surface area contributed by atoms with Gasteiger partial charge in [0.1, 0.15) is 11.5 Å². The van der Waals surface area contributed by atoms with Gasteiger partial charge < -0.3 is 10.6 Å². The van der Waals surface area contributed by atoms with Crippen molar-refractivity contribution in [1.29, 1.82) is 0 Å². The highest BCUT2D eigenvalue weighted by molar-refractivity contribution is 5.92. The summed E-state index contributed by atoms with van der Waals surface area (Å²) >= 11 is 0. The van der Waals surface area contributed by atoms with Crippen molar-refractivity contribution in [1.82, 2.24) is 15.3 Å². The summed E-state index contributed by atoms with van der Waals surface area (Å²) in [6, 6.07) is 0.284. The molecule has 0 aromatic carbocycles. The maximum atomic E-state index is 12.1. The second kappa shape index (κ2) is 6.50. The number of amides is 1. The highest BCUT2D eigenvalue weighted by Gasteiger charge is 2.23. The number of rotatable bonds is 4. The lowest BCUT2D eigenvalue weighted by Crippen LogP contribution is -2.38. The standard InChI is InChI=1S/C14H22N4O/c1-3-10-5-4-6-11(7-10)17-14(19)12-8-16-9-13(15-2)18-12/h8-11H,3-7H2,1-2H3,(H,15,18)(H,17,19). The third-order valence-corrected chi connectivity index (χ3v) is 3.82. The summed E-state index contributed by atoms with van der Waals surface area (Å²) in [6.45, 7) is 2.22. The first-order valence-electron chi connectivity index (χ1n) is 7.03. The van der Waals surface area contributed by atoms with Crippen molar-refractivity contribution < 1.29 is 4.79 Å². The van der Waals surface area contributed by atoms with E-state index in [-0.39, 0.29) is 11.9 Å². The molecule has 19 heavy (non-hydrogen) atoms. The Morgan fingerprint density at radius 1 is 1.42 bits per heavy atom. The number of carbonyl (C=O) groups is 1. The maximum Gasteiger partial charge on any atom is 0.271 e. The lowest BCUT2D eigenvalue weighted by molar-refractivity contribution is 0.0914. The Morgan fingerprint density at radius 2 is 2.26 bits per heavy atom. The van der Waals surface area contributed by atoms with Crippen molar-refractivity contribution in [3.63, 3.8) is 0 Å². The number of anilines is 1. The Kier molecular flexibility index (Phi) is 4.71. The second-order valence-corrected chi connectivity index (χ2v) is 5.15. The van der Waals surface area contributed by atoms with Gasteiger partial charge in [-0.25, -0.2) is 4.98 Å². The molecular formula is C14H22N4O. The Labute approximate surface area is 114 Å². The number of nitrogens with one attached hydrogen (secondary N) is 2. The van der Waals surface area contributed by atoms with Gasteiger partial charge >= 0.3 is 0 Å². The van der Waals surface area contributed by atoms with Crippen LogP contribution in [0.25, 0.3) is 0 Å². The molecule has 2 unspecified atom stereocenters. The van der Waals surface area contributed by atoms with Crippen LogP contribution in [0.1, 0.15) is 49.5 Å². The van der Waals surface area contributed by atoms with Crippen molar-refractivity contribution in [2.45, 2.75) is 45.1 Å². The number of hydrogen-bond donors (Lipinski definition) is 2. The van der Waals surface area contributed by atoms with Gasteiger partial charge in [-0.05, 0) is 18.8 Å². The topological polar surface area (TPSA) is 66.9 Å². The molecular weight excluding hydrogens is 240 g/mol. The quantitative estimate of drug-likeness (QED) is 0.873. The summed E-state index contributed by atoms with van der Waals surface area (Å²) in [5.41, 5.74) is 0.380. The number of hydrogen-bond acceptors (Lipinski definition) is 4. The fourth-order valence-corrected chi connectivity index (χ4v) is 2.65. The molecule has 1 saturated carbocycles. The molecule has 2 N–H and O–H groups in total. The smallest absolute Gasteiger partial charge is 0.271 e. The zero-order valence-electron chi connectivity index (χ0n) is 11.6. The molecule has 5 nitrogen and oxygen atoms in total. The zero-order valence-corrected chi connectivity index (χ0v) is 11.6. The largest absolute Gasteiger partial charge is 0.372 e. The van der Waals surface area contributed by atoms with Crippen molar-refractivity contribution >= 4 is 11.7 Å². The van der Waals surface area contributed by atoms with Crippen LogP contribution < -0.4 is 10.6 Å². The summed E-state index contributed by atoms with van der Waals surface area (Å²) in [5.74, 6) is 1.24. The third kappa shape index (κ3) is 3.66. The average Bonchev–Trinajstić information content (AvgIpc) is 2.47. The SMILES string of the molecule is CCC1CCCC(NC(=O)c2cncc(NC)n2)C1. The monoisotopic (exact) mass is 262 g/mol. The fourth-order valence-electron chi connectivity index (χ4n) is 2.65. The molecule has 1 amide bonds. The minimum atomic E-state index is -0.119. The van der Waals surface area contributed by atoms with E-state index in [1.54, 1.807) is 13.2 Å². The number of carbonyl (C=O) groups excluding carboxylic acids is 1. The van der Waals surface area contributed by atoms with E-state index >= 15 is 0 Å². The van der Waals surface area contributed by atoms with Gasteiger partial charge in [-0.2, -0.15) is 0 Å². The summed E-state index contributed by atoms with van der Waals surface area (Å²) < 4.78 is 0. The van der Waals surface area contributed by atoms with E-state index in [1.165, 1.54) is 25.5 Å². The second-order valence-electron chi connectivity index (χ2n) is 5.15. The van der Waals surface area contributed by atoms with Crippen LogP contribution in [0.2, 0.25) is 0 Å². The van der Waals surface area contributed by atoms with Crippen LogP contribution in [0.3, 0.4) is 0 Å². The molecule has 2 rings (SSSR count). The molecule has 5 heteroatoms. The summed E-state index contributed by atoms with van der Waals surface area (Å²) in [5, 5.41) is 5.97. The Hall–Kier alpha value is -1.65. The fraction of sp³-hybridized carbons (Fsp3) is 0.643. The van der Waals surface area contributed by atoms with Crippen LogP contribution in [0, 0.1) is 5.92 Å². The first-order chi connectivity index (χ1) is 9.22. The third-order valence-electron chi connectivity index (χ3n) is 3.82. The molecule has 0 aliphatic heterocycles. The Morgan fingerprint density at radius 3 is 3.00 bits per heavy atom. The van der Waals surface area contributed by atoms with Gasteiger partial charge in [0.05, 0.1) is 12.4 Å². The van der Waals surface area contributed by atoms with Crippen LogP contribution in [-0.4, -0.2) is 29.0 Å². The molecule has 0 spiro atoms. The maximum absolute atomic E-state index is 12.1. The van der Waals surface area contributed by atoms with Gasteiger partial charge in [0, 0.05) is 13.1 Å². The minimum absolute atomic E-state index is 0.119. The molecule has 1 aliphatic carbocycles. The van der Waals surface area contributed by atoms with Gasteiger partial charge in [0.2, 0.25) is 0 Å². The molecule has 1 aromatic rings. The molecule has 1 aliphatic rings. The molecule has 1 fully saturated rings. The van der Waals surface area contributed by atoms with Crippen LogP contribution in [0.4, 0.5) is 5.82 Å². The van der Waals surface area contributed by atoms with E-state index < -0.39 is 0 Å². The molecule has 0 saturated heterocycles. The normalized spacial score (nSPS) is 22.8. The summed E-state index contributed by atoms with van der Waals surface area (Å²) in [6.07, 6.45) is 8.95. The van der Waals surface area contributed by atoms with Gasteiger partial charge in [-0.15, -0.1) is 0 Å². The number of nitrogens with zero attached hydrogens (tertiary/aromatic N) is 2. The first-order valence-corrected chi connectivity index (χ1v) is 7.03. The van der Waals surface area contributed by atoms with E-state index in [4.69, 9.17) is 0 Å². The van der Waals surface area contributed by atoms with Crippen LogP contribution >= 0.6 is 0 Å². The molecule has 0 bridgehead atoms. The lowest BCUT2D eigenvalue weighted by Gasteiger charge is -2.28. The summed E-state index contributed by atoms with van der Waals surface area (Å²) in [4.78, 5) is 20.4. The van der Waals surface area contributed by atoms with Crippen molar-refractivity contribution in [2.24, 2.45) is 5.92 Å². The minimum Gasteiger partial charge on any atom is -0.372 e. The molecule has 1 aromatic heterocycles. The number of aromatic nitrogens is 2.